The zero-order valence-corrected chi connectivity index (χ0v) is 15.1. The average molecular weight is 375 g/mol. The van der Waals surface area contributed by atoms with Crippen molar-refractivity contribution in [3.05, 3.63) is 24.3 Å². The molecule has 3 fully saturated rings. The van der Waals surface area contributed by atoms with Crippen molar-refractivity contribution in [2.75, 3.05) is 31.2 Å². The number of para-hydroxylation sites is 2. The van der Waals surface area contributed by atoms with Gasteiger partial charge in [0.2, 0.25) is 5.95 Å². The van der Waals surface area contributed by atoms with Gasteiger partial charge in [0.15, 0.2) is 0 Å². The first-order valence-electron chi connectivity index (χ1n) is 9.35. The Kier molecular flexibility index (Phi) is 4.79. The Hall–Kier alpha value is -2.16. The molecule has 1 aromatic carbocycles. The summed E-state index contributed by atoms with van der Waals surface area (Å²) in [6.45, 7) is 2.29. The van der Waals surface area contributed by atoms with Crippen LogP contribution in [-0.4, -0.2) is 69.4 Å². The van der Waals surface area contributed by atoms with Crippen LogP contribution in [0.4, 0.5) is 5.95 Å². The Labute approximate surface area is 157 Å². The van der Waals surface area contributed by atoms with Crippen LogP contribution in [-0.2, 0) is 16.1 Å². The lowest BCUT2D eigenvalue weighted by Crippen LogP contribution is -2.38. The third kappa shape index (κ3) is 2.79. The van der Waals surface area contributed by atoms with Gasteiger partial charge in [0.05, 0.1) is 35.9 Å². The lowest BCUT2D eigenvalue weighted by Gasteiger charge is -2.27. The van der Waals surface area contributed by atoms with Crippen LogP contribution in [0.5, 0.6) is 0 Å². The zero-order chi connectivity index (χ0) is 19.0. The number of aliphatic hydroxyl groups excluding tert-OH is 2. The van der Waals surface area contributed by atoms with Crippen LogP contribution in [0.2, 0.25) is 0 Å². The van der Waals surface area contributed by atoms with Crippen molar-refractivity contribution in [2.45, 2.75) is 31.1 Å². The van der Waals surface area contributed by atoms with Crippen molar-refractivity contribution in [1.29, 1.82) is 0 Å². The topological polar surface area (TPSA) is 108 Å². The standard InChI is InChI=1S/C18H23N3O3.CH2O2/c22-8-7-21-15-4-2-1-3-14(15)19-17(21)20-9-13-12(10-23)16-5-6-18(13,11-20)24-16;2-1-3/h1-4,12-13,16,22-23H,5-11H2;1H,(H,2,3)/t12-,13+,16+,18+;/m1./s1. The highest BCUT2D eigenvalue weighted by atomic mass is 16.5. The summed E-state index contributed by atoms with van der Waals surface area (Å²) in [6, 6.07) is 8.06. The number of nitrogens with zero attached hydrogens (tertiary/aromatic N) is 3. The second-order valence-corrected chi connectivity index (χ2v) is 7.47. The highest BCUT2D eigenvalue weighted by Gasteiger charge is 2.63. The van der Waals surface area contributed by atoms with Gasteiger partial charge in [-0.2, -0.15) is 0 Å². The molecule has 27 heavy (non-hydrogen) atoms. The summed E-state index contributed by atoms with van der Waals surface area (Å²) in [5, 5.41) is 26.2. The average Bonchev–Trinajstić information content (AvgIpc) is 3.39. The predicted molar refractivity (Wildman–Crippen MR) is 98.6 cm³/mol. The fraction of sp³-hybridized carbons (Fsp3) is 0.579. The van der Waals surface area contributed by atoms with E-state index in [-0.39, 0.29) is 37.3 Å². The first-order valence-corrected chi connectivity index (χ1v) is 9.35. The summed E-state index contributed by atoms with van der Waals surface area (Å²) in [4.78, 5) is 15.5. The molecule has 0 amide bonds. The van der Waals surface area contributed by atoms with Gasteiger partial charge in [0.1, 0.15) is 0 Å². The molecule has 5 rings (SSSR count). The van der Waals surface area contributed by atoms with E-state index in [9.17, 15) is 10.2 Å². The lowest BCUT2D eigenvalue weighted by molar-refractivity contribution is -0.122. The summed E-state index contributed by atoms with van der Waals surface area (Å²) < 4.78 is 8.43. The van der Waals surface area contributed by atoms with Crippen molar-refractivity contribution in [3.8, 4) is 0 Å². The number of imidazole rings is 1. The Morgan fingerprint density at radius 1 is 1.33 bits per heavy atom. The van der Waals surface area contributed by atoms with E-state index in [2.05, 4.69) is 15.5 Å². The third-order valence-corrected chi connectivity index (χ3v) is 6.24. The Bertz CT molecular complexity index is 825. The zero-order valence-electron chi connectivity index (χ0n) is 15.1. The van der Waals surface area contributed by atoms with E-state index >= 15 is 0 Å². The number of carbonyl (C=O) groups is 1. The van der Waals surface area contributed by atoms with Gasteiger partial charge in [-0.3, -0.25) is 4.79 Å². The summed E-state index contributed by atoms with van der Waals surface area (Å²) in [6.07, 6.45) is 2.37. The number of ether oxygens (including phenoxy) is 1. The minimum atomic E-state index is -0.250. The number of aromatic nitrogens is 2. The van der Waals surface area contributed by atoms with E-state index < -0.39 is 0 Å². The molecule has 8 heteroatoms. The minimum absolute atomic E-state index is 0.0909. The summed E-state index contributed by atoms with van der Waals surface area (Å²) in [5.74, 6) is 1.54. The number of benzene rings is 1. The first-order chi connectivity index (χ1) is 13.2. The molecule has 3 aliphatic heterocycles. The normalized spacial score (nSPS) is 31.0. The molecule has 1 aromatic heterocycles. The van der Waals surface area contributed by atoms with E-state index in [1.807, 2.05) is 18.2 Å². The molecule has 8 nitrogen and oxygen atoms in total. The van der Waals surface area contributed by atoms with Gasteiger partial charge in [-0.15, -0.1) is 0 Å². The molecule has 0 unspecified atom stereocenters. The quantitative estimate of drug-likeness (QED) is 0.675. The highest BCUT2D eigenvalue weighted by molar-refractivity contribution is 5.79. The summed E-state index contributed by atoms with van der Waals surface area (Å²) in [7, 11) is 0. The molecule has 0 radical (unpaired) electrons. The van der Waals surface area contributed by atoms with Gasteiger partial charge in [0.25, 0.3) is 6.47 Å². The van der Waals surface area contributed by atoms with Crippen LogP contribution in [0, 0.1) is 11.8 Å². The fourth-order valence-corrected chi connectivity index (χ4v) is 5.21. The van der Waals surface area contributed by atoms with Crippen LogP contribution in [0.15, 0.2) is 24.3 Å². The summed E-state index contributed by atoms with van der Waals surface area (Å²) >= 11 is 0. The van der Waals surface area contributed by atoms with Crippen LogP contribution >= 0.6 is 0 Å². The number of hydrogen-bond donors (Lipinski definition) is 3. The number of anilines is 1. The molecule has 3 N–H and O–H groups in total. The van der Waals surface area contributed by atoms with Crippen LogP contribution in [0.3, 0.4) is 0 Å². The Morgan fingerprint density at radius 2 is 2.11 bits per heavy atom. The highest BCUT2D eigenvalue weighted by Crippen LogP contribution is 2.55. The predicted octanol–water partition coefficient (Wildman–Crippen LogP) is 0.706. The summed E-state index contributed by atoms with van der Waals surface area (Å²) in [5.41, 5.74) is 1.90. The van der Waals surface area contributed by atoms with Crippen molar-refractivity contribution in [3.63, 3.8) is 0 Å². The molecule has 2 bridgehead atoms. The van der Waals surface area contributed by atoms with Crippen molar-refractivity contribution < 1.29 is 24.9 Å². The number of fused-ring (bicyclic) bond motifs is 2. The number of hydrogen-bond acceptors (Lipinski definition) is 6. The second kappa shape index (κ2) is 7.10. The molecule has 3 saturated heterocycles. The van der Waals surface area contributed by atoms with E-state index in [0.717, 1.165) is 42.9 Å². The number of carboxylic acid groups (broad SMARTS) is 1. The van der Waals surface area contributed by atoms with E-state index in [1.165, 1.54) is 0 Å². The second-order valence-electron chi connectivity index (χ2n) is 7.47. The SMILES string of the molecule is O=CO.OCCn1c(N2C[C@H]3[C@@H](CO)[C@@H]4CC[C@@]3(C2)O4)nc2ccccc21. The molecule has 2 aromatic rings. The van der Waals surface area contributed by atoms with Crippen LogP contribution in [0.25, 0.3) is 11.0 Å². The number of rotatable bonds is 4. The number of aliphatic hydroxyl groups is 2. The smallest absolute Gasteiger partial charge is 0.290 e. The van der Waals surface area contributed by atoms with Gasteiger partial charge < -0.3 is 29.5 Å². The van der Waals surface area contributed by atoms with Crippen molar-refractivity contribution in [1.82, 2.24) is 9.55 Å². The molecule has 4 atom stereocenters. The van der Waals surface area contributed by atoms with Gasteiger partial charge in [-0.25, -0.2) is 4.98 Å². The van der Waals surface area contributed by atoms with E-state index in [1.54, 1.807) is 0 Å². The minimum Gasteiger partial charge on any atom is -0.483 e. The first kappa shape index (κ1) is 18.2. The molecule has 0 aliphatic carbocycles. The third-order valence-electron chi connectivity index (χ3n) is 6.24. The molecule has 0 saturated carbocycles. The lowest BCUT2D eigenvalue weighted by atomic mass is 9.74. The molecule has 4 heterocycles. The van der Waals surface area contributed by atoms with Crippen LogP contribution < -0.4 is 4.90 Å². The van der Waals surface area contributed by atoms with Crippen LogP contribution in [0.1, 0.15) is 12.8 Å². The fourth-order valence-electron chi connectivity index (χ4n) is 5.21. The molecule has 3 aliphatic rings. The largest absolute Gasteiger partial charge is 0.483 e. The maximum absolute atomic E-state index is 9.79. The van der Waals surface area contributed by atoms with Crippen molar-refractivity contribution in [2.24, 2.45) is 11.8 Å². The Morgan fingerprint density at radius 3 is 2.85 bits per heavy atom. The molecular weight excluding hydrogens is 350 g/mol. The van der Waals surface area contributed by atoms with Gasteiger partial charge >= 0.3 is 0 Å². The van der Waals surface area contributed by atoms with E-state index in [0.29, 0.717) is 12.5 Å². The van der Waals surface area contributed by atoms with E-state index in [4.69, 9.17) is 19.6 Å². The maximum Gasteiger partial charge on any atom is 0.290 e. The van der Waals surface area contributed by atoms with Gasteiger partial charge in [-0.1, -0.05) is 12.1 Å². The Balaban J connectivity index is 0.000000565. The van der Waals surface area contributed by atoms with Gasteiger partial charge in [0, 0.05) is 31.5 Å². The van der Waals surface area contributed by atoms with Crippen molar-refractivity contribution >= 4 is 23.5 Å². The maximum atomic E-state index is 9.79. The molecule has 1 spiro atoms. The molecule has 146 valence electrons. The van der Waals surface area contributed by atoms with Gasteiger partial charge in [-0.05, 0) is 25.0 Å². The molecular formula is C19H25N3O5. The monoisotopic (exact) mass is 375 g/mol.